The van der Waals surface area contributed by atoms with Crippen LogP contribution in [0.3, 0.4) is 0 Å². The zero-order valence-corrected chi connectivity index (χ0v) is 16.0. The minimum absolute atomic E-state index is 0.0429. The predicted octanol–water partition coefficient (Wildman–Crippen LogP) is 1.99. The molecule has 3 N–H and O–H groups in total. The largest absolute Gasteiger partial charge is 0.481 e. The molecule has 0 aromatic rings. The summed E-state index contributed by atoms with van der Waals surface area (Å²) in [6.07, 6.45) is 8.41. The van der Waals surface area contributed by atoms with Gasteiger partial charge in [-0.25, -0.2) is 0 Å². The lowest BCUT2D eigenvalue weighted by molar-refractivity contribution is -0.141. The van der Waals surface area contributed by atoms with Crippen molar-refractivity contribution in [1.29, 1.82) is 0 Å². The van der Waals surface area contributed by atoms with Crippen LogP contribution in [0, 0.1) is 11.8 Å². The lowest BCUT2D eigenvalue weighted by atomic mass is 9.82. The van der Waals surface area contributed by atoms with Gasteiger partial charge in [-0.15, -0.1) is 0 Å². The molecular weight excluding hydrogens is 348 g/mol. The van der Waals surface area contributed by atoms with E-state index in [2.05, 4.69) is 10.6 Å². The average molecular weight is 380 g/mol. The maximum absolute atomic E-state index is 12.8. The molecule has 0 aromatic heterocycles. The Morgan fingerprint density at radius 2 is 1.48 bits per heavy atom. The first kappa shape index (κ1) is 20.1. The molecule has 0 spiro atoms. The van der Waals surface area contributed by atoms with Crippen molar-refractivity contribution in [2.75, 3.05) is 13.2 Å². The Balaban J connectivity index is 1.47. The number of rotatable bonds is 6. The van der Waals surface area contributed by atoms with E-state index in [1.807, 2.05) is 0 Å². The topological polar surface area (TPSA) is 105 Å². The lowest BCUT2D eigenvalue weighted by Gasteiger charge is -2.39. The Morgan fingerprint density at radius 1 is 0.889 bits per heavy atom. The Labute approximate surface area is 160 Å². The highest BCUT2D eigenvalue weighted by atomic mass is 16.5. The van der Waals surface area contributed by atoms with Gasteiger partial charge in [0.05, 0.1) is 12.0 Å². The molecule has 27 heavy (non-hydrogen) atoms. The molecule has 0 bridgehead atoms. The van der Waals surface area contributed by atoms with Gasteiger partial charge in [-0.05, 0) is 51.4 Å². The first-order valence-corrected chi connectivity index (χ1v) is 10.4. The van der Waals surface area contributed by atoms with E-state index in [0.29, 0.717) is 26.1 Å². The monoisotopic (exact) mass is 380 g/mol. The average Bonchev–Trinajstić information content (AvgIpc) is 3.17. The molecule has 0 unspecified atom stereocenters. The Morgan fingerprint density at radius 3 is 2.07 bits per heavy atom. The third-order valence-electron chi connectivity index (χ3n) is 6.50. The number of hydrogen-bond acceptors (Lipinski definition) is 4. The van der Waals surface area contributed by atoms with Gasteiger partial charge in [0.15, 0.2) is 0 Å². The quantitative estimate of drug-likeness (QED) is 0.654. The smallest absolute Gasteiger partial charge is 0.305 e. The van der Waals surface area contributed by atoms with Gasteiger partial charge in [-0.3, -0.25) is 14.4 Å². The number of carbonyl (C=O) groups excluding carboxylic acids is 2. The first-order chi connectivity index (χ1) is 13.0. The van der Waals surface area contributed by atoms with Crippen molar-refractivity contribution in [3.05, 3.63) is 0 Å². The first-order valence-electron chi connectivity index (χ1n) is 10.4. The van der Waals surface area contributed by atoms with Gasteiger partial charge in [0.1, 0.15) is 0 Å². The fourth-order valence-electron chi connectivity index (χ4n) is 4.77. The van der Waals surface area contributed by atoms with Gasteiger partial charge >= 0.3 is 5.97 Å². The third kappa shape index (κ3) is 5.43. The lowest BCUT2D eigenvalue weighted by Crippen LogP contribution is -2.55. The van der Waals surface area contributed by atoms with Crippen LogP contribution in [-0.2, 0) is 19.1 Å². The zero-order valence-electron chi connectivity index (χ0n) is 16.0. The summed E-state index contributed by atoms with van der Waals surface area (Å²) in [7, 11) is 0. The second kappa shape index (κ2) is 9.04. The maximum atomic E-state index is 12.8. The van der Waals surface area contributed by atoms with Gasteiger partial charge in [-0.1, -0.05) is 12.8 Å². The second-order valence-electron chi connectivity index (χ2n) is 8.49. The Hall–Kier alpha value is -1.63. The molecule has 2 saturated carbocycles. The number of carboxylic acids is 1. The van der Waals surface area contributed by atoms with E-state index in [0.717, 1.165) is 51.4 Å². The fraction of sp³-hybridized carbons (Fsp3) is 0.850. The summed E-state index contributed by atoms with van der Waals surface area (Å²) in [6, 6.07) is 0.165. The van der Waals surface area contributed by atoms with Gasteiger partial charge in [0.25, 0.3) is 0 Å². The molecule has 3 aliphatic rings. The van der Waals surface area contributed by atoms with Crippen LogP contribution < -0.4 is 10.6 Å². The summed E-state index contributed by atoms with van der Waals surface area (Å²) < 4.78 is 5.34. The third-order valence-corrected chi connectivity index (χ3v) is 6.50. The van der Waals surface area contributed by atoms with Crippen LogP contribution in [-0.4, -0.2) is 47.7 Å². The minimum atomic E-state index is -0.893. The number of nitrogens with one attached hydrogen (secondary N) is 2. The van der Waals surface area contributed by atoms with Crippen molar-refractivity contribution >= 4 is 17.8 Å². The van der Waals surface area contributed by atoms with Gasteiger partial charge in [0, 0.05) is 31.1 Å². The standard InChI is InChI=1S/C20H32N2O5/c23-17(24)13-20(9-11-27-12-10-20)22-19(26)15-5-7-16(8-6-15)21-18(25)14-3-1-2-4-14/h14-16H,1-13H2,(H,21,25)(H,22,26)(H,23,24). The highest BCUT2D eigenvalue weighted by Crippen LogP contribution is 2.30. The summed E-state index contributed by atoms with van der Waals surface area (Å²) >= 11 is 0. The molecule has 1 saturated heterocycles. The van der Waals surface area contributed by atoms with E-state index in [1.54, 1.807) is 0 Å². The number of hydrogen-bond donors (Lipinski definition) is 3. The van der Waals surface area contributed by atoms with Crippen LogP contribution in [0.15, 0.2) is 0 Å². The van der Waals surface area contributed by atoms with Crippen molar-refractivity contribution in [3.8, 4) is 0 Å². The van der Waals surface area contributed by atoms with E-state index in [-0.39, 0.29) is 36.1 Å². The van der Waals surface area contributed by atoms with E-state index in [9.17, 15) is 19.5 Å². The zero-order chi connectivity index (χ0) is 19.3. The van der Waals surface area contributed by atoms with Gasteiger partial charge < -0.3 is 20.5 Å². The number of ether oxygens (including phenoxy) is 1. The van der Waals surface area contributed by atoms with Crippen LogP contribution in [0.4, 0.5) is 0 Å². The summed E-state index contributed by atoms with van der Waals surface area (Å²) in [5, 5.41) is 15.4. The molecule has 1 aliphatic heterocycles. The summed E-state index contributed by atoms with van der Waals surface area (Å²) in [5.41, 5.74) is -0.686. The van der Waals surface area contributed by atoms with E-state index in [4.69, 9.17) is 4.74 Å². The molecule has 7 nitrogen and oxygen atoms in total. The molecule has 2 amide bonds. The molecule has 1 heterocycles. The molecule has 2 aliphatic carbocycles. The van der Waals surface area contributed by atoms with Crippen molar-refractivity contribution in [2.24, 2.45) is 11.8 Å². The molecule has 3 fully saturated rings. The van der Waals surface area contributed by atoms with Crippen molar-refractivity contribution in [3.63, 3.8) is 0 Å². The summed E-state index contributed by atoms with van der Waals surface area (Å²) in [4.78, 5) is 36.3. The minimum Gasteiger partial charge on any atom is -0.481 e. The molecular formula is C20H32N2O5. The van der Waals surface area contributed by atoms with Crippen molar-refractivity contribution in [2.45, 2.75) is 82.2 Å². The Kier molecular flexibility index (Phi) is 6.73. The Bertz CT molecular complexity index is 545. The highest BCUT2D eigenvalue weighted by molar-refractivity contribution is 5.81. The predicted molar refractivity (Wildman–Crippen MR) is 99.0 cm³/mol. The van der Waals surface area contributed by atoms with E-state index in [1.165, 1.54) is 0 Å². The molecule has 0 aromatic carbocycles. The number of aliphatic carboxylic acids is 1. The number of carbonyl (C=O) groups is 3. The van der Waals surface area contributed by atoms with Gasteiger partial charge in [0.2, 0.25) is 11.8 Å². The number of carboxylic acid groups (broad SMARTS) is 1. The normalized spacial score (nSPS) is 28.4. The SMILES string of the molecule is O=C(O)CC1(NC(=O)C2CCC(NC(=O)C3CCCC3)CC2)CCOCC1. The fourth-order valence-corrected chi connectivity index (χ4v) is 4.77. The van der Waals surface area contributed by atoms with Crippen LogP contribution in [0.2, 0.25) is 0 Å². The van der Waals surface area contributed by atoms with Crippen LogP contribution in [0.1, 0.15) is 70.6 Å². The number of amides is 2. The summed E-state index contributed by atoms with van der Waals surface area (Å²) in [6.45, 7) is 0.959. The maximum Gasteiger partial charge on any atom is 0.305 e. The molecule has 0 atom stereocenters. The van der Waals surface area contributed by atoms with Crippen molar-refractivity contribution in [1.82, 2.24) is 10.6 Å². The van der Waals surface area contributed by atoms with E-state index < -0.39 is 11.5 Å². The highest BCUT2D eigenvalue weighted by Gasteiger charge is 2.38. The molecule has 152 valence electrons. The molecule has 0 radical (unpaired) electrons. The van der Waals surface area contributed by atoms with Gasteiger partial charge in [-0.2, -0.15) is 0 Å². The van der Waals surface area contributed by atoms with Crippen molar-refractivity contribution < 1.29 is 24.2 Å². The van der Waals surface area contributed by atoms with Crippen LogP contribution in [0.5, 0.6) is 0 Å². The molecule has 7 heteroatoms. The second-order valence-corrected chi connectivity index (χ2v) is 8.49. The van der Waals surface area contributed by atoms with Crippen LogP contribution >= 0.6 is 0 Å². The van der Waals surface area contributed by atoms with Crippen LogP contribution in [0.25, 0.3) is 0 Å². The summed E-state index contributed by atoms with van der Waals surface area (Å²) in [5.74, 6) is -0.675. The molecule has 3 rings (SSSR count). The van der Waals surface area contributed by atoms with E-state index >= 15 is 0 Å².